The number of rotatable bonds is 3. The molecule has 20 heavy (non-hydrogen) atoms. The Balaban J connectivity index is 1.97. The highest BCUT2D eigenvalue weighted by molar-refractivity contribution is 5.92. The Morgan fingerprint density at radius 2 is 2.00 bits per heavy atom. The van der Waals surface area contributed by atoms with Crippen molar-refractivity contribution >= 4 is 12.0 Å². The van der Waals surface area contributed by atoms with Crippen LogP contribution in [-0.2, 0) is 4.79 Å². The first-order chi connectivity index (χ1) is 9.36. The van der Waals surface area contributed by atoms with Crippen molar-refractivity contribution in [3.8, 4) is 11.5 Å². The first-order valence-corrected chi connectivity index (χ1v) is 6.74. The lowest BCUT2D eigenvalue weighted by molar-refractivity contribution is -0.117. The van der Waals surface area contributed by atoms with Crippen LogP contribution in [0.3, 0.4) is 0 Å². The monoisotopic (exact) mass is 275 g/mol. The van der Waals surface area contributed by atoms with E-state index in [-0.39, 0.29) is 24.2 Å². The van der Waals surface area contributed by atoms with Crippen molar-refractivity contribution in [1.29, 1.82) is 0 Å². The van der Waals surface area contributed by atoms with E-state index in [1.165, 1.54) is 0 Å². The van der Waals surface area contributed by atoms with E-state index >= 15 is 0 Å². The van der Waals surface area contributed by atoms with Crippen LogP contribution < -0.4 is 14.8 Å². The topological polar surface area (TPSA) is 47.6 Å². The summed E-state index contributed by atoms with van der Waals surface area (Å²) in [5, 5.41) is 2.96. The van der Waals surface area contributed by atoms with E-state index in [0.717, 1.165) is 17.1 Å². The Morgan fingerprint density at radius 1 is 1.30 bits per heavy atom. The van der Waals surface area contributed by atoms with Crippen LogP contribution in [0, 0.1) is 5.41 Å². The van der Waals surface area contributed by atoms with Crippen LogP contribution in [0.2, 0.25) is 0 Å². The normalized spacial score (nSPS) is 15.4. The zero-order valence-electron chi connectivity index (χ0n) is 12.4. The minimum Gasteiger partial charge on any atom is -0.454 e. The molecule has 1 aromatic carbocycles. The van der Waals surface area contributed by atoms with Gasteiger partial charge < -0.3 is 14.8 Å². The molecule has 1 heterocycles. The van der Waals surface area contributed by atoms with E-state index in [1.807, 2.05) is 25.1 Å². The quantitative estimate of drug-likeness (QED) is 0.863. The fourth-order valence-electron chi connectivity index (χ4n) is 1.67. The molecule has 0 aromatic heterocycles. The Kier molecular flexibility index (Phi) is 4.02. The predicted octanol–water partition coefficient (Wildman–Crippen LogP) is 2.98. The molecule has 0 fully saturated rings. The molecule has 1 aliphatic rings. The number of fused-ring (bicyclic) bond motifs is 1. The first kappa shape index (κ1) is 14.4. The highest BCUT2D eigenvalue weighted by Crippen LogP contribution is 2.32. The summed E-state index contributed by atoms with van der Waals surface area (Å²) in [6.07, 6.45) is 3.31. The number of amides is 1. The molecule has 1 N–H and O–H groups in total. The fourth-order valence-corrected chi connectivity index (χ4v) is 1.67. The first-order valence-electron chi connectivity index (χ1n) is 6.74. The average molecular weight is 275 g/mol. The van der Waals surface area contributed by atoms with Crippen LogP contribution in [0.5, 0.6) is 11.5 Å². The van der Waals surface area contributed by atoms with Gasteiger partial charge in [0.05, 0.1) is 0 Å². The van der Waals surface area contributed by atoms with E-state index in [2.05, 4.69) is 26.1 Å². The van der Waals surface area contributed by atoms with Crippen molar-refractivity contribution in [2.45, 2.75) is 33.7 Å². The second-order valence-electron chi connectivity index (χ2n) is 6.04. The maximum atomic E-state index is 11.9. The van der Waals surface area contributed by atoms with Crippen LogP contribution in [0.4, 0.5) is 0 Å². The molecular weight excluding hydrogens is 254 g/mol. The Morgan fingerprint density at radius 3 is 2.70 bits per heavy atom. The lowest BCUT2D eigenvalue weighted by atomic mass is 9.88. The number of nitrogens with one attached hydrogen (secondary N) is 1. The lowest BCUT2D eigenvalue weighted by Gasteiger charge is -2.27. The second kappa shape index (κ2) is 5.57. The van der Waals surface area contributed by atoms with Crippen molar-refractivity contribution in [3.05, 3.63) is 29.8 Å². The van der Waals surface area contributed by atoms with Gasteiger partial charge in [0.2, 0.25) is 12.7 Å². The third-order valence-electron chi connectivity index (χ3n) is 3.48. The van der Waals surface area contributed by atoms with Gasteiger partial charge in [-0.25, -0.2) is 0 Å². The summed E-state index contributed by atoms with van der Waals surface area (Å²) in [7, 11) is 0. The molecule has 1 aliphatic heterocycles. The molecule has 108 valence electrons. The highest BCUT2D eigenvalue weighted by Gasteiger charge is 2.20. The highest BCUT2D eigenvalue weighted by atomic mass is 16.7. The predicted molar refractivity (Wildman–Crippen MR) is 78.7 cm³/mol. The molecule has 0 spiro atoms. The van der Waals surface area contributed by atoms with E-state index < -0.39 is 0 Å². The van der Waals surface area contributed by atoms with Gasteiger partial charge in [-0.1, -0.05) is 26.8 Å². The largest absolute Gasteiger partial charge is 0.454 e. The molecule has 4 nitrogen and oxygen atoms in total. The van der Waals surface area contributed by atoms with Gasteiger partial charge in [0.15, 0.2) is 11.5 Å². The summed E-state index contributed by atoms with van der Waals surface area (Å²) in [5.74, 6) is 1.37. The van der Waals surface area contributed by atoms with Crippen molar-refractivity contribution in [2.24, 2.45) is 5.41 Å². The van der Waals surface area contributed by atoms with Crippen LogP contribution in [0.25, 0.3) is 6.08 Å². The zero-order chi connectivity index (χ0) is 14.8. The molecule has 0 saturated heterocycles. The van der Waals surface area contributed by atoms with Crippen LogP contribution in [0.15, 0.2) is 24.3 Å². The van der Waals surface area contributed by atoms with Gasteiger partial charge in [-0.15, -0.1) is 0 Å². The van der Waals surface area contributed by atoms with Gasteiger partial charge in [0.25, 0.3) is 0 Å². The maximum Gasteiger partial charge on any atom is 0.244 e. The summed E-state index contributed by atoms with van der Waals surface area (Å²) in [5.41, 5.74) is 0.954. The van der Waals surface area contributed by atoms with Gasteiger partial charge in [0, 0.05) is 12.1 Å². The molecule has 0 saturated carbocycles. The molecule has 4 heteroatoms. The maximum absolute atomic E-state index is 11.9. The summed E-state index contributed by atoms with van der Waals surface area (Å²) >= 11 is 0. The Labute approximate surface area is 119 Å². The van der Waals surface area contributed by atoms with Crippen molar-refractivity contribution in [2.75, 3.05) is 6.79 Å². The van der Waals surface area contributed by atoms with Crippen molar-refractivity contribution in [1.82, 2.24) is 5.32 Å². The van der Waals surface area contributed by atoms with E-state index in [9.17, 15) is 4.79 Å². The molecule has 1 amide bonds. The van der Waals surface area contributed by atoms with E-state index in [0.29, 0.717) is 0 Å². The summed E-state index contributed by atoms with van der Waals surface area (Å²) in [6, 6.07) is 5.71. The fraction of sp³-hybridized carbons (Fsp3) is 0.438. The smallest absolute Gasteiger partial charge is 0.244 e. The number of hydrogen-bond acceptors (Lipinski definition) is 3. The van der Waals surface area contributed by atoms with Crippen molar-refractivity contribution in [3.63, 3.8) is 0 Å². The number of benzene rings is 1. The molecule has 1 atom stereocenters. The van der Waals surface area contributed by atoms with E-state index in [4.69, 9.17) is 9.47 Å². The molecule has 0 bridgehead atoms. The van der Waals surface area contributed by atoms with Crippen LogP contribution >= 0.6 is 0 Å². The number of hydrogen-bond donors (Lipinski definition) is 1. The Hall–Kier alpha value is -1.97. The summed E-state index contributed by atoms with van der Waals surface area (Å²) < 4.78 is 10.5. The molecule has 1 aromatic rings. The average Bonchev–Trinajstić information content (AvgIpc) is 2.82. The minimum atomic E-state index is -0.0925. The molecule has 0 radical (unpaired) electrons. The molecule has 0 aliphatic carbocycles. The molecular formula is C16H21NO3. The van der Waals surface area contributed by atoms with Crippen molar-refractivity contribution < 1.29 is 14.3 Å². The Bertz CT molecular complexity index is 529. The summed E-state index contributed by atoms with van der Waals surface area (Å²) in [4.78, 5) is 11.9. The minimum absolute atomic E-state index is 0.0439. The van der Waals surface area contributed by atoms with Crippen LogP contribution in [-0.4, -0.2) is 18.7 Å². The standard InChI is InChI=1S/C16H21NO3/c1-11(16(2,3)4)17-15(18)8-6-12-5-7-13-14(9-12)20-10-19-13/h5-9,11H,10H2,1-4H3,(H,17,18)/b8-6+/t11-/m1/s1. The number of ether oxygens (including phenoxy) is 2. The van der Waals surface area contributed by atoms with Crippen LogP contribution in [0.1, 0.15) is 33.3 Å². The number of carbonyl (C=O) groups is 1. The van der Waals surface area contributed by atoms with Gasteiger partial charge in [-0.3, -0.25) is 4.79 Å². The van der Waals surface area contributed by atoms with Gasteiger partial charge >= 0.3 is 0 Å². The molecule has 2 rings (SSSR count). The third kappa shape index (κ3) is 3.53. The zero-order valence-corrected chi connectivity index (χ0v) is 12.4. The second-order valence-corrected chi connectivity index (χ2v) is 6.04. The van der Waals surface area contributed by atoms with Gasteiger partial charge in [-0.2, -0.15) is 0 Å². The lowest BCUT2D eigenvalue weighted by Crippen LogP contribution is -2.40. The third-order valence-corrected chi connectivity index (χ3v) is 3.48. The summed E-state index contributed by atoms with van der Waals surface area (Å²) in [6.45, 7) is 8.55. The van der Waals surface area contributed by atoms with E-state index in [1.54, 1.807) is 12.2 Å². The van der Waals surface area contributed by atoms with Gasteiger partial charge in [0.1, 0.15) is 0 Å². The molecule has 0 unspecified atom stereocenters. The number of carbonyl (C=O) groups excluding carboxylic acids is 1. The van der Waals surface area contributed by atoms with Gasteiger partial charge in [-0.05, 0) is 36.1 Å². The SMILES string of the molecule is C[C@@H](NC(=O)/C=C/c1ccc2c(c1)OCO2)C(C)(C)C.